The maximum Gasteiger partial charge on any atom is 0.416 e. The summed E-state index contributed by atoms with van der Waals surface area (Å²) in [4.78, 5) is 12.4. The Hall–Kier alpha value is -1.92. The Morgan fingerprint density at radius 3 is 2.55 bits per heavy atom. The van der Waals surface area contributed by atoms with Gasteiger partial charge in [0.05, 0.1) is 5.56 Å². The van der Waals surface area contributed by atoms with Gasteiger partial charge >= 0.3 is 12.3 Å². The van der Waals surface area contributed by atoms with E-state index in [2.05, 4.69) is 5.32 Å². The van der Waals surface area contributed by atoms with Crippen molar-refractivity contribution < 1.29 is 23.1 Å². The lowest BCUT2D eigenvalue weighted by Gasteiger charge is -2.19. The average Bonchev–Trinajstić information content (AvgIpc) is 2.84. The molecule has 7 heteroatoms. The Morgan fingerprint density at radius 2 is 2.00 bits per heavy atom. The second kappa shape index (κ2) is 5.60. The molecule has 1 aliphatic rings. The van der Waals surface area contributed by atoms with E-state index >= 15 is 0 Å². The number of carboxylic acid groups (broad SMARTS) is 1. The van der Waals surface area contributed by atoms with Gasteiger partial charge in [0, 0.05) is 25.3 Å². The highest BCUT2D eigenvalue weighted by Crippen LogP contribution is 2.31. The summed E-state index contributed by atoms with van der Waals surface area (Å²) in [5, 5.41) is 10.9. The van der Waals surface area contributed by atoms with Crippen LogP contribution in [-0.4, -0.2) is 30.8 Å². The van der Waals surface area contributed by atoms with Crippen LogP contribution >= 0.6 is 0 Å². The number of anilines is 1. The second-order valence-electron chi connectivity index (χ2n) is 4.83. The third-order valence-corrected chi connectivity index (χ3v) is 3.39. The van der Waals surface area contributed by atoms with Crippen molar-refractivity contribution in [2.45, 2.75) is 12.6 Å². The molecule has 0 bridgehead atoms. The Bertz CT molecular complexity index is 473. The zero-order valence-corrected chi connectivity index (χ0v) is 10.7. The number of hydrogen-bond donors (Lipinski definition) is 2. The predicted octanol–water partition coefficient (Wildman–Crippen LogP) is 2.80. The summed E-state index contributed by atoms with van der Waals surface area (Å²) in [5.41, 5.74) is 0.0698. The van der Waals surface area contributed by atoms with Crippen molar-refractivity contribution in [3.8, 4) is 0 Å². The number of alkyl halides is 3. The number of nitrogens with zero attached hydrogens (tertiary/aromatic N) is 1. The molecule has 110 valence electrons. The molecule has 0 saturated carbocycles. The van der Waals surface area contributed by atoms with Gasteiger partial charge in [0.15, 0.2) is 0 Å². The highest BCUT2D eigenvalue weighted by Gasteiger charge is 2.30. The number of rotatable bonds is 3. The molecule has 0 radical (unpaired) electrons. The molecule has 1 unspecified atom stereocenters. The molecule has 1 atom stereocenters. The van der Waals surface area contributed by atoms with Gasteiger partial charge in [-0.15, -0.1) is 0 Å². The summed E-state index contributed by atoms with van der Waals surface area (Å²) in [5.74, 6) is 0.188. The Balaban J connectivity index is 1.95. The van der Waals surface area contributed by atoms with E-state index in [9.17, 15) is 18.0 Å². The highest BCUT2D eigenvalue weighted by atomic mass is 19.4. The minimum Gasteiger partial charge on any atom is -0.465 e. The lowest BCUT2D eigenvalue weighted by Crippen LogP contribution is -2.29. The lowest BCUT2D eigenvalue weighted by molar-refractivity contribution is -0.137. The van der Waals surface area contributed by atoms with E-state index < -0.39 is 17.8 Å². The van der Waals surface area contributed by atoms with Gasteiger partial charge in [-0.25, -0.2) is 4.79 Å². The molecule has 4 nitrogen and oxygen atoms in total. The van der Waals surface area contributed by atoms with Gasteiger partial charge in [0.1, 0.15) is 0 Å². The summed E-state index contributed by atoms with van der Waals surface area (Å²) in [7, 11) is 0. The van der Waals surface area contributed by atoms with Gasteiger partial charge in [-0.05, 0) is 36.6 Å². The van der Waals surface area contributed by atoms with E-state index in [0.717, 1.165) is 30.8 Å². The van der Waals surface area contributed by atoms with Gasteiger partial charge < -0.3 is 15.3 Å². The lowest BCUT2D eigenvalue weighted by atomic mass is 10.1. The fourth-order valence-electron chi connectivity index (χ4n) is 2.33. The predicted molar refractivity (Wildman–Crippen MR) is 67.8 cm³/mol. The summed E-state index contributed by atoms with van der Waals surface area (Å²) < 4.78 is 37.4. The standard InChI is InChI=1S/C13H15F3N2O2/c14-13(15,16)10-1-3-11(4-2-10)18-6-5-9(8-18)7-17-12(19)20/h1-4,9,17H,5-8H2,(H,19,20). The molecule has 0 aromatic heterocycles. The highest BCUT2D eigenvalue weighted by molar-refractivity contribution is 5.64. The number of halogens is 3. The van der Waals surface area contributed by atoms with Gasteiger partial charge in [0.2, 0.25) is 0 Å². The average molecular weight is 288 g/mol. The fourth-order valence-corrected chi connectivity index (χ4v) is 2.33. The van der Waals surface area contributed by atoms with Crippen LogP contribution in [0.3, 0.4) is 0 Å². The van der Waals surface area contributed by atoms with Gasteiger partial charge in [-0.3, -0.25) is 0 Å². The minimum atomic E-state index is -4.32. The molecule has 1 aromatic carbocycles. The molecule has 1 heterocycles. The van der Waals surface area contributed by atoms with Gasteiger partial charge in [0.25, 0.3) is 0 Å². The van der Waals surface area contributed by atoms with Crippen molar-refractivity contribution >= 4 is 11.8 Å². The van der Waals surface area contributed by atoms with E-state index in [1.54, 1.807) is 0 Å². The Labute approximate surface area is 114 Å². The first-order valence-corrected chi connectivity index (χ1v) is 6.25. The summed E-state index contributed by atoms with van der Waals surface area (Å²) in [6, 6.07) is 5.04. The topological polar surface area (TPSA) is 52.6 Å². The Kier molecular flexibility index (Phi) is 4.06. The molecule has 1 fully saturated rings. The first kappa shape index (κ1) is 14.5. The SMILES string of the molecule is O=C(O)NCC1CCN(c2ccc(C(F)(F)F)cc2)C1. The van der Waals surface area contributed by atoms with Gasteiger partial charge in [-0.2, -0.15) is 13.2 Å². The maximum atomic E-state index is 12.5. The van der Waals surface area contributed by atoms with Crippen LogP contribution in [0, 0.1) is 5.92 Å². The van der Waals surface area contributed by atoms with Crippen molar-refractivity contribution in [3.05, 3.63) is 29.8 Å². The van der Waals surface area contributed by atoms with Crippen LogP contribution in [0.5, 0.6) is 0 Å². The third-order valence-electron chi connectivity index (χ3n) is 3.39. The quantitative estimate of drug-likeness (QED) is 0.899. The van der Waals surface area contributed by atoms with Crippen molar-refractivity contribution in [1.29, 1.82) is 0 Å². The number of amides is 1. The van der Waals surface area contributed by atoms with Crippen LogP contribution in [0.1, 0.15) is 12.0 Å². The minimum absolute atomic E-state index is 0.188. The molecule has 1 aromatic rings. The number of nitrogens with one attached hydrogen (secondary N) is 1. The van der Waals surface area contributed by atoms with Crippen LogP contribution < -0.4 is 10.2 Å². The molecule has 2 rings (SSSR count). The van der Waals surface area contributed by atoms with Crippen LogP contribution in [0.25, 0.3) is 0 Å². The molecule has 20 heavy (non-hydrogen) atoms. The summed E-state index contributed by atoms with van der Waals surface area (Å²) >= 11 is 0. The normalized spacial score (nSPS) is 19.1. The summed E-state index contributed by atoms with van der Waals surface area (Å²) in [6.45, 7) is 1.73. The molecule has 0 spiro atoms. The number of carbonyl (C=O) groups is 1. The largest absolute Gasteiger partial charge is 0.465 e. The number of hydrogen-bond acceptors (Lipinski definition) is 2. The molecule has 2 N–H and O–H groups in total. The van der Waals surface area contributed by atoms with Crippen molar-refractivity contribution in [2.24, 2.45) is 5.92 Å². The van der Waals surface area contributed by atoms with Crippen molar-refractivity contribution in [1.82, 2.24) is 5.32 Å². The van der Waals surface area contributed by atoms with E-state index in [1.165, 1.54) is 12.1 Å². The third kappa shape index (κ3) is 3.55. The van der Waals surface area contributed by atoms with Crippen molar-refractivity contribution in [3.63, 3.8) is 0 Å². The van der Waals surface area contributed by atoms with Gasteiger partial charge in [-0.1, -0.05) is 0 Å². The zero-order valence-electron chi connectivity index (χ0n) is 10.7. The summed E-state index contributed by atoms with van der Waals surface area (Å²) in [6.07, 6.45) is -4.56. The van der Waals surface area contributed by atoms with E-state index in [0.29, 0.717) is 13.1 Å². The van der Waals surface area contributed by atoms with Crippen LogP contribution in [0.4, 0.5) is 23.7 Å². The monoisotopic (exact) mass is 288 g/mol. The molecule has 0 aliphatic carbocycles. The Morgan fingerprint density at radius 1 is 1.35 bits per heavy atom. The van der Waals surface area contributed by atoms with E-state index in [1.807, 2.05) is 4.90 Å². The molecule has 1 amide bonds. The number of benzene rings is 1. The van der Waals surface area contributed by atoms with Crippen LogP contribution in [0.15, 0.2) is 24.3 Å². The second-order valence-corrected chi connectivity index (χ2v) is 4.83. The fraction of sp³-hybridized carbons (Fsp3) is 0.462. The van der Waals surface area contributed by atoms with E-state index in [-0.39, 0.29) is 5.92 Å². The van der Waals surface area contributed by atoms with E-state index in [4.69, 9.17) is 5.11 Å². The molecular weight excluding hydrogens is 273 g/mol. The van der Waals surface area contributed by atoms with Crippen LogP contribution in [-0.2, 0) is 6.18 Å². The first-order chi connectivity index (χ1) is 9.36. The smallest absolute Gasteiger partial charge is 0.416 e. The van der Waals surface area contributed by atoms with Crippen LogP contribution in [0.2, 0.25) is 0 Å². The molecular formula is C13H15F3N2O2. The first-order valence-electron chi connectivity index (χ1n) is 6.25. The zero-order chi connectivity index (χ0) is 14.8. The molecule has 1 aliphatic heterocycles. The molecule has 1 saturated heterocycles. The maximum absolute atomic E-state index is 12.5. The van der Waals surface area contributed by atoms with Crippen molar-refractivity contribution in [2.75, 3.05) is 24.5 Å².